The lowest BCUT2D eigenvalue weighted by atomic mass is 10.0. The molecule has 2 aromatic rings. The van der Waals surface area contributed by atoms with Crippen molar-refractivity contribution in [1.29, 1.82) is 0 Å². The number of benzene rings is 2. The third-order valence-corrected chi connectivity index (χ3v) is 4.61. The van der Waals surface area contributed by atoms with Crippen LogP contribution in [0.25, 0.3) is 0 Å². The van der Waals surface area contributed by atoms with Crippen LogP contribution in [-0.2, 0) is 4.79 Å². The average Bonchev–Trinajstić information content (AvgIpc) is 3.10. The van der Waals surface area contributed by atoms with Crippen LogP contribution in [0.1, 0.15) is 34.8 Å². The molecule has 6 heteroatoms. The highest BCUT2D eigenvalue weighted by atomic mass is 19.1. The number of ether oxygens (including phenoxy) is 1. The maximum absolute atomic E-state index is 13.6. The minimum absolute atomic E-state index is 0.107. The molecule has 0 bridgehead atoms. The summed E-state index contributed by atoms with van der Waals surface area (Å²) in [4.78, 5) is 26.3. The summed E-state index contributed by atoms with van der Waals surface area (Å²) in [5.74, 6) is -0.312. The Morgan fingerprint density at radius 2 is 2.08 bits per heavy atom. The summed E-state index contributed by atoms with van der Waals surface area (Å²) in [5.41, 5.74) is 1.72. The van der Waals surface area contributed by atoms with Crippen molar-refractivity contribution in [1.82, 2.24) is 4.90 Å². The molecule has 0 spiro atoms. The van der Waals surface area contributed by atoms with Crippen LogP contribution in [-0.4, -0.2) is 29.9 Å². The van der Waals surface area contributed by atoms with Gasteiger partial charge in [-0.2, -0.15) is 0 Å². The zero-order chi connectivity index (χ0) is 17.4. The molecule has 128 valence electrons. The minimum Gasteiger partial charge on any atom is -0.481 e. The molecule has 1 atom stereocenters. The SMILES string of the molecule is O=C1COc2c(cccc2C(=O)N2CCC[C@H]2c2cccc(F)c2)N1. The smallest absolute Gasteiger partial charge is 0.262 e. The molecule has 0 saturated carbocycles. The number of hydrogen-bond donors (Lipinski definition) is 1. The number of carbonyl (C=O) groups is 2. The Morgan fingerprint density at radius 1 is 1.24 bits per heavy atom. The van der Waals surface area contributed by atoms with Crippen molar-refractivity contribution in [2.45, 2.75) is 18.9 Å². The Hall–Kier alpha value is -2.89. The summed E-state index contributed by atoms with van der Waals surface area (Å²) >= 11 is 0. The van der Waals surface area contributed by atoms with E-state index in [0.29, 0.717) is 23.5 Å². The summed E-state index contributed by atoms with van der Waals surface area (Å²) in [7, 11) is 0. The van der Waals surface area contributed by atoms with E-state index in [2.05, 4.69) is 5.32 Å². The first kappa shape index (κ1) is 15.6. The van der Waals surface area contributed by atoms with Gasteiger partial charge in [0.1, 0.15) is 5.82 Å². The van der Waals surface area contributed by atoms with E-state index in [-0.39, 0.29) is 30.3 Å². The molecule has 2 aliphatic heterocycles. The fourth-order valence-electron chi connectivity index (χ4n) is 3.51. The lowest BCUT2D eigenvalue weighted by Crippen LogP contribution is -2.32. The largest absolute Gasteiger partial charge is 0.481 e. The molecule has 0 aromatic heterocycles. The molecule has 2 heterocycles. The predicted octanol–water partition coefficient (Wildman–Crippen LogP) is 3.13. The fraction of sp³-hybridized carbons (Fsp3) is 0.263. The Bertz CT molecular complexity index is 852. The molecule has 25 heavy (non-hydrogen) atoms. The lowest BCUT2D eigenvalue weighted by Gasteiger charge is -2.27. The van der Waals surface area contributed by atoms with Crippen molar-refractivity contribution in [2.24, 2.45) is 0 Å². The fourth-order valence-corrected chi connectivity index (χ4v) is 3.51. The number of amides is 2. The van der Waals surface area contributed by atoms with Gasteiger partial charge in [-0.25, -0.2) is 4.39 Å². The number of rotatable bonds is 2. The first-order valence-electron chi connectivity index (χ1n) is 8.25. The van der Waals surface area contributed by atoms with Gasteiger partial charge in [-0.3, -0.25) is 9.59 Å². The Kier molecular flexibility index (Phi) is 3.87. The van der Waals surface area contributed by atoms with E-state index in [1.54, 1.807) is 29.2 Å². The van der Waals surface area contributed by atoms with Gasteiger partial charge in [0.25, 0.3) is 11.8 Å². The van der Waals surface area contributed by atoms with E-state index in [1.165, 1.54) is 12.1 Å². The molecule has 0 unspecified atom stereocenters. The molecular weight excluding hydrogens is 323 g/mol. The zero-order valence-corrected chi connectivity index (χ0v) is 13.5. The van der Waals surface area contributed by atoms with Crippen LogP contribution in [0, 0.1) is 5.82 Å². The van der Waals surface area contributed by atoms with E-state index in [0.717, 1.165) is 18.4 Å². The summed E-state index contributed by atoms with van der Waals surface area (Å²) < 4.78 is 19.1. The van der Waals surface area contributed by atoms with Crippen LogP contribution in [0.3, 0.4) is 0 Å². The molecule has 4 rings (SSSR count). The van der Waals surface area contributed by atoms with Gasteiger partial charge in [0.15, 0.2) is 12.4 Å². The first-order valence-corrected chi connectivity index (χ1v) is 8.25. The lowest BCUT2D eigenvalue weighted by molar-refractivity contribution is -0.118. The number of hydrogen-bond acceptors (Lipinski definition) is 3. The van der Waals surface area contributed by atoms with Crippen LogP contribution in [0.4, 0.5) is 10.1 Å². The molecule has 5 nitrogen and oxygen atoms in total. The summed E-state index contributed by atoms with van der Waals surface area (Å²) in [6.07, 6.45) is 1.65. The number of likely N-dealkylation sites (tertiary alicyclic amines) is 1. The number of anilines is 1. The molecule has 2 aromatic carbocycles. The molecule has 0 radical (unpaired) electrons. The number of nitrogens with zero attached hydrogens (tertiary/aromatic N) is 1. The van der Waals surface area contributed by atoms with Gasteiger partial charge in [0, 0.05) is 6.54 Å². The maximum atomic E-state index is 13.6. The van der Waals surface area contributed by atoms with Crippen molar-refractivity contribution in [2.75, 3.05) is 18.5 Å². The molecule has 2 aliphatic rings. The summed E-state index contributed by atoms with van der Waals surface area (Å²) in [5, 5.41) is 2.71. The van der Waals surface area contributed by atoms with E-state index in [9.17, 15) is 14.0 Å². The van der Waals surface area contributed by atoms with E-state index >= 15 is 0 Å². The Balaban J connectivity index is 1.67. The van der Waals surface area contributed by atoms with Gasteiger partial charge in [-0.15, -0.1) is 0 Å². The topological polar surface area (TPSA) is 58.6 Å². The highest BCUT2D eigenvalue weighted by Crippen LogP contribution is 2.37. The van der Waals surface area contributed by atoms with Gasteiger partial charge in [0.2, 0.25) is 0 Å². The summed E-state index contributed by atoms with van der Waals surface area (Å²) in [6.45, 7) is 0.501. The second-order valence-electron chi connectivity index (χ2n) is 6.23. The van der Waals surface area contributed by atoms with Crippen LogP contribution in [0.5, 0.6) is 5.75 Å². The third-order valence-electron chi connectivity index (χ3n) is 4.61. The normalized spacial score (nSPS) is 19.2. The average molecular weight is 340 g/mol. The van der Waals surface area contributed by atoms with Crippen LogP contribution in [0.15, 0.2) is 42.5 Å². The van der Waals surface area contributed by atoms with Crippen molar-refractivity contribution < 1.29 is 18.7 Å². The number of fused-ring (bicyclic) bond motifs is 1. The zero-order valence-electron chi connectivity index (χ0n) is 13.5. The molecule has 2 amide bonds. The predicted molar refractivity (Wildman–Crippen MR) is 90.0 cm³/mol. The first-order chi connectivity index (χ1) is 12.1. The quantitative estimate of drug-likeness (QED) is 0.914. The molecule has 1 fully saturated rings. The van der Waals surface area contributed by atoms with E-state index < -0.39 is 0 Å². The molecule has 1 N–H and O–H groups in total. The Morgan fingerprint density at radius 3 is 2.92 bits per heavy atom. The van der Waals surface area contributed by atoms with Crippen LogP contribution >= 0.6 is 0 Å². The van der Waals surface area contributed by atoms with Crippen LogP contribution in [0.2, 0.25) is 0 Å². The minimum atomic E-state index is -0.306. The number of nitrogens with one attached hydrogen (secondary N) is 1. The van der Waals surface area contributed by atoms with Crippen molar-refractivity contribution >= 4 is 17.5 Å². The molecular formula is C19H17FN2O3. The molecule has 1 saturated heterocycles. The number of para-hydroxylation sites is 1. The number of carbonyl (C=O) groups excluding carboxylic acids is 2. The summed E-state index contributed by atoms with van der Waals surface area (Å²) in [6, 6.07) is 11.3. The van der Waals surface area contributed by atoms with Gasteiger partial charge >= 0.3 is 0 Å². The second-order valence-corrected chi connectivity index (χ2v) is 6.23. The van der Waals surface area contributed by atoms with Crippen molar-refractivity contribution in [3.63, 3.8) is 0 Å². The van der Waals surface area contributed by atoms with Gasteiger partial charge in [0.05, 0.1) is 17.3 Å². The highest BCUT2D eigenvalue weighted by Gasteiger charge is 2.33. The Labute approximate surface area is 144 Å². The maximum Gasteiger partial charge on any atom is 0.262 e. The molecule has 0 aliphatic carbocycles. The van der Waals surface area contributed by atoms with E-state index in [4.69, 9.17) is 4.74 Å². The van der Waals surface area contributed by atoms with Gasteiger partial charge in [-0.05, 0) is 42.7 Å². The van der Waals surface area contributed by atoms with Crippen LogP contribution < -0.4 is 10.1 Å². The standard InChI is InChI=1S/C19H17FN2O3/c20-13-5-1-4-12(10-13)16-8-3-9-22(16)19(24)14-6-2-7-15-18(14)25-11-17(23)21-15/h1-2,4-7,10,16H,3,8-9,11H2,(H,21,23)/t16-/m0/s1. The number of halogens is 1. The monoisotopic (exact) mass is 340 g/mol. The second kappa shape index (κ2) is 6.20. The van der Waals surface area contributed by atoms with E-state index in [1.807, 2.05) is 6.07 Å². The van der Waals surface area contributed by atoms with Gasteiger partial charge in [-0.1, -0.05) is 18.2 Å². The highest BCUT2D eigenvalue weighted by molar-refractivity contribution is 6.03. The van der Waals surface area contributed by atoms with Crippen molar-refractivity contribution in [3.8, 4) is 5.75 Å². The van der Waals surface area contributed by atoms with Gasteiger partial charge < -0.3 is 15.0 Å². The van der Waals surface area contributed by atoms with Crippen molar-refractivity contribution in [3.05, 3.63) is 59.4 Å². The third kappa shape index (κ3) is 2.84.